The summed E-state index contributed by atoms with van der Waals surface area (Å²) >= 11 is 0. The zero-order chi connectivity index (χ0) is 11.3. The largest absolute Gasteiger partial charge is 0.481 e. The van der Waals surface area contributed by atoms with Crippen LogP contribution in [0, 0.1) is 0 Å². The summed E-state index contributed by atoms with van der Waals surface area (Å²) in [6.07, 6.45) is 0.759. The van der Waals surface area contributed by atoms with E-state index in [9.17, 15) is 4.79 Å². The average molecular weight is 207 g/mol. The molecule has 1 aromatic carbocycles. The Bertz CT molecular complexity index is 324. The maximum Gasteiger partial charge on any atom is 0.303 e. The van der Waals surface area contributed by atoms with E-state index in [4.69, 9.17) is 5.11 Å². The van der Waals surface area contributed by atoms with Crippen molar-refractivity contribution in [3.8, 4) is 0 Å². The monoisotopic (exact) mass is 207 g/mol. The minimum Gasteiger partial charge on any atom is -0.481 e. The van der Waals surface area contributed by atoms with Crippen LogP contribution in [0.25, 0.3) is 0 Å². The minimum absolute atomic E-state index is 0.173. The van der Waals surface area contributed by atoms with Crippen LogP contribution in [-0.2, 0) is 10.3 Å². The molecule has 0 bridgehead atoms. The molecule has 0 heterocycles. The van der Waals surface area contributed by atoms with Crippen LogP contribution in [0.1, 0.15) is 25.3 Å². The van der Waals surface area contributed by atoms with Crippen molar-refractivity contribution in [2.75, 3.05) is 7.05 Å². The van der Waals surface area contributed by atoms with Crippen molar-refractivity contribution in [3.63, 3.8) is 0 Å². The summed E-state index contributed by atoms with van der Waals surface area (Å²) in [5, 5.41) is 11.9. The summed E-state index contributed by atoms with van der Waals surface area (Å²) in [6.45, 7) is 2.02. The predicted molar refractivity (Wildman–Crippen MR) is 59.7 cm³/mol. The van der Waals surface area contributed by atoms with Crippen LogP contribution in [-0.4, -0.2) is 18.1 Å². The van der Waals surface area contributed by atoms with Gasteiger partial charge in [0, 0.05) is 12.0 Å². The Morgan fingerprint density at radius 2 is 2.00 bits per heavy atom. The van der Waals surface area contributed by atoms with Crippen LogP contribution >= 0.6 is 0 Å². The quantitative estimate of drug-likeness (QED) is 0.776. The first kappa shape index (κ1) is 11.7. The Hall–Kier alpha value is -1.35. The Balaban J connectivity index is 2.80. The highest BCUT2D eigenvalue weighted by atomic mass is 16.4. The molecule has 1 unspecified atom stereocenters. The third kappa shape index (κ3) is 3.06. The molecule has 3 heteroatoms. The van der Waals surface area contributed by atoms with E-state index < -0.39 is 5.97 Å². The molecule has 0 spiro atoms. The van der Waals surface area contributed by atoms with Crippen molar-refractivity contribution in [2.24, 2.45) is 0 Å². The highest BCUT2D eigenvalue weighted by molar-refractivity contribution is 5.66. The second kappa shape index (κ2) is 4.94. The molecular formula is C12H17NO2. The summed E-state index contributed by atoms with van der Waals surface area (Å²) in [6, 6.07) is 9.91. The molecule has 0 aliphatic carbocycles. The molecule has 1 aromatic rings. The fourth-order valence-corrected chi connectivity index (χ4v) is 1.58. The Kier molecular flexibility index (Phi) is 3.86. The van der Waals surface area contributed by atoms with Crippen molar-refractivity contribution in [3.05, 3.63) is 35.9 Å². The van der Waals surface area contributed by atoms with Crippen LogP contribution in [0.3, 0.4) is 0 Å². The molecular weight excluding hydrogens is 190 g/mol. The number of carbonyl (C=O) groups is 1. The van der Waals surface area contributed by atoms with Gasteiger partial charge in [-0.15, -0.1) is 0 Å². The Morgan fingerprint density at radius 3 is 2.47 bits per heavy atom. The summed E-state index contributed by atoms with van der Waals surface area (Å²) in [5.74, 6) is -0.757. The number of hydrogen-bond acceptors (Lipinski definition) is 2. The number of carboxylic acids is 1. The topological polar surface area (TPSA) is 49.3 Å². The van der Waals surface area contributed by atoms with Gasteiger partial charge in [-0.25, -0.2) is 0 Å². The van der Waals surface area contributed by atoms with E-state index in [1.165, 1.54) is 0 Å². The van der Waals surface area contributed by atoms with E-state index in [-0.39, 0.29) is 12.0 Å². The number of hydrogen-bond donors (Lipinski definition) is 2. The summed E-state index contributed by atoms with van der Waals surface area (Å²) < 4.78 is 0. The standard InChI is InChI=1S/C12H17NO2/c1-12(13-2,9-8-11(14)15)10-6-4-3-5-7-10/h3-7,13H,8-9H2,1-2H3,(H,14,15). The van der Waals surface area contributed by atoms with Gasteiger partial charge in [0.25, 0.3) is 0 Å². The van der Waals surface area contributed by atoms with Crippen LogP contribution in [0.4, 0.5) is 0 Å². The molecule has 1 atom stereocenters. The third-order valence-electron chi connectivity index (χ3n) is 2.80. The zero-order valence-electron chi connectivity index (χ0n) is 9.16. The Morgan fingerprint density at radius 1 is 1.40 bits per heavy atom. The molecule has 3 nitrogen and oxygen atoms in total. The smallest absolute Gasteiger partial charge is 0.303 e. The van der Waals surface area contributed by atoms with Gasteiger partial charge in [0.1, 0.15) is 0 Å². The number of rotatable bonds is 5. The van der Waals surface area contributed by atoms with Gasteiger partial charge >= 0.3 is 5.97 Å². The highest BCUT2D eigenvalue weighted by Gasteiger charge is 2.24. The molecule has 0 aliphatic heterocycles. The molecule has 0 fully saturated rings. The van der Waals surface area contributed by atoms with Gasteiger partial charge in [0.15, 0.2) is 0 Å². The van der Waals surface area contributed by atoms with Gasteiger partial charge in [0.2, 0.25) is 0 Å². The van der Waals surface area contributed by atoms with Crippen LogP contribution in [0.2, 0.25) is 0 Å². The predicted octanol–water partition coefficient (Wildman–Crippen LogP) is 1.99. The van der Waals surface area contributed by atoms with E-state index >= 15 is 0 Å². The number of aliphatic carboxylic acids is 1. The van der Waals surface area contributed by atoms with Crippen molar-refractivity contribution < 1.29 is 9.90 Å². The molecule has 15 heavy (non-hydrogen) atoms. The SMILES string of the molecule is CNC(C)(CCC(=O)O)c1ccccc1. The maximum atomic E-state index is 10.6. The second-order valence-corrected chi connectivity index (χ2v) is 3.84. The van der Waals surface area contributed by atoms with Crippen molar-refractivity contribution in [1.29, 1.82) is 0 Å². The number of benzene rings is 1. The zero-order valence-corrected chi connectivity index (χ0v) is 9.16. The van der Waals surface area contributed by atoms with Gasteiger partial charge in [-0.2, -0.15) is 0 Å². The first-order chi connectivity index (χ1) is 7.08. The Labute approximate surface area is 90.1 Å². The molecule has 0 amide bonds. The van der Waals surface area contributed by atoms with E-state index in [1.807, 2.05) is 44.3 Å². The van der Waals surface area contributed by atoms with Crippen molar-refractivity contribution >= 4 is 5.97 Å². The first-order valence-electron chi connectivity index (χ1n) is 5.05. The number of nitrogens with one attached hydrogen (secondary N) is 1. The molecule has 0 aliphatic rings. The lowest BCUT2D eigenvalue weighted by molar-refractivity contribution is -0.137. The summed E-state index contributed by atoms with van der Waals surface area (Å²) in [7, 11) is 1.86. The average Bonchev–Trinajstić information content (AvgIpc) is 2.27. The van der Waals surface area contributed by atoms with Gasteiger partial charge in [-0.3, -0.25) is 4.79 Å². The van der Waals surface area contributed by atoms with Gasteiger partial charge in [-0.05, 0) is 26.0 Å². The molecule has 2 N–H and O–H groups in total. The molecule has 0 aromatic heterocycles. The molecule has 1 rings (SSSR count). The minimum atomic E-state index is -0.757. The van der Waals surface area contributed by atoms with E-state index in [0.717, 1.165) is 5.56 Å². The van der Waals surface area contributed by atoms with Crippen molar-refractivity contribution in [2.45, 2.75) is 25.3 Å². The lowest BCUT2D eigenvalue weighted by atomic mass is 9.87. The molecule has 82 valence electrons. The lowest BCUT2D eigenvalue weighted by Gasteiger charge is -2.29. The fraction of sp³-hybridized carbons (Fsp3) is 0.417. The highest BCUT2D eigenvalue weighted by Crippen LogP contribution is 2.25. The molecule has 0 saturated carbocycles. The fourth-order valence-electron chi connectivity index (χ4n) is 1.58. The van der Waals surface area contributed by atoms with Gasteiger partial charge < -0.3 is 10.4 Å². The van der Waals surface area contributed by atoms with Crippen LogP contribution in [0.5, 0.6) is 0 Å². The van der Waals surface area contributed by atoms with Crippen molar-refractivity contribution in [1.82, 2.24) is 5.32 Å². The third-order valence-corrected chi connectivity index (χ3v) is 2.80. The van der Waals surface area contributed by atoms with E-state index in [0.29, 0.717) is 6.42 Å². The van der Waals surface area contributed by atoms with Crippen LogP contribution < -0.4 is 5.32 Å². The normalized spacial score (nSPS) is 14.5. The second-order valence-electron chi connectivity index (χ2n) is 3.84. The maximum absolute atomic E-state index is 10.6. The molecule has 0 saturated heterocycles. The van der Waals surface area contributed by atoms with E-state index in [2.05, 4.69) is 5.32 Å². The summed E-state index contributed by atoms with van der Waals surface area (Å²) in [5.41, 5.74) is 0.855. The molecule has 0 radical (unpaired) electrons. The summed E-state index contributed by atoms with van der Waals surface area (Å²) in [4.78, 5) is 10.6. The first-order valence-corrected chi connectivity index (χ1v) is 5.05. The number of carboxylic acid groups (broad SMARTS) is 1. The van der Waals surface area contributed by atoms with E-state index in [1.54, 1.807) is 0 Å². The van der Waals surface area contributed by atoms with Gasteiger partial charge in [0.05, 0.1) is 0 Å². The lowest BCUT2D eigenvalue weighted by Crippen LogP contribution is -2.37. The van der Waals surface area contributed by atoms with Crippen LogP contribution in [0.15, 0.2) is 30.3 Å². The van der Waals surface area contributed by atoms with Gasteiger partial charge in [-0.1, -0.05) is 30.3 Å².